The fourth-order valence-corrected chi connectivity index (χ4v) is 5.01. The largest absolute Gasteiger partial charge is 0.465 e. The summed E-state index contributed by atoms with van der Waals surface area (Å²) in [6, 6.07) is 16.9. The van der Waals surface area contributed by atoms with Gasteiger partial charge in [0.2, 0.25) is 11.8 Å². The molecule has 2 heterocycles. The van der Waals surface area contributed by atoms with Crippen LogP contribution in [0, 0.1) is 11.8 Å². The zero-order valence-corrected chi connectivity index (χ0v) is 18.9. The molecule has 7 nitrogen and oxygen atoms in total. The van der Waals surface area contributed by atoms with Crippen LogP contribution in [0.2, 0.25) is 0 Å². The number of carbonyl (C=O) groups is 3. The summed E-state index contributed by atoms with van der Waals surface area (Å²) in [7, 11) is 5.41. The average molecular weight is 436 g/mol. The number of benzene rings is 2. The molecule has 32 heavy (non-hydrogen) atoms. The Bertz CT molecular complexity index is 1020. The molecule has 1 N–H and O–H groups in total. The Balaban J connectivity index is 1.82. The number of rotatable bonds is 6. The van der Waals surface area contributed by atoms with E-state index in [0.29, 0.717) is 0 Å². The van der Waals surface area contributed by atoms with E-state index in [-0.39, 0.29) is 24.8 Å². The highest BCUT2D eigenvalue weighted by Crippen LogP contribution is 2.50. The van der Waals surface area contributed by atoms with Gasteiger partial charge in [0.25, 0.3) is 0 Å². The number of ether oxygens (including phenoxy) is 1. The number of amides is 2. The van der Waals surface area contributed by atoms with E-state index in [2.05, 4.69) is 5.32 Å². The number of imide groups is 1. The molecule has 0 aromatic heterocycles. The predicted octanol–water partition coefficient (Wildman–Crippen LogP) is 2.17. The van der Waals surface area contributed by atoms with Crippen molar-refractivity contribution in [1.82, 2.24) is 10.2 Å². The summed E-state index contributed by atoms with van der Waals surface area (Å²) in [5, 5.41) is 3.43. The molecule has 0 saturated carbocycles. The highest BCUT2D eigenvalue weighted by molar-refractivity contribution is 6.09. The molecule has 2 aliphatic heterocycles. The Morgan fingerprint density at radius 2 is 1.72 bits per heavy atom. The number of fused-ring (bicyclic) bond motifs is 1. The lowest BCUT2D eigenvalue weighted by Crippen LogP contribution is -2.57. The summed E-state index contributed by atoms with van der Waals surface area (Å²) in [6.07, 6.45) is 0.257. The maximum absolute atomic E-state index is 13.4. The Kier molecular flexibility index (Phi) is 5.77. The quantitative estimate of drug-likeness (QED) is 0.554. The molecule has 0 spiro atoms. The predicted molar refractivity (Wildman–Crippen MR) is 121 cm³/mol. The van der Waals surface area contributed by atoms with E-state index >= 15 is 0 Å². The molecule has 2 fully saturated rings. The molecule has 168 valence electrons. The molecular weight excluding hydrogens is 406 g/mol. The monoisotopic (exact) mass is 435 g/mol. The number of hydrogen-bond acceptors (Lipinski definition) is 6. The molecule has 2 aliphatic rings. The van der Waals surface area contributed by atoms with Crippen LogP contribution in [0.4, 0.5) is 5.69 Å². The normalized spacial score (nSPS) is 26.9. The maximum Gasteiger partial charge on any atom is 0.327 e. The van der Waals surface area contributed by atoms with Gasteiger partial charge in [0.15, 0.2) is 0 Å². The van der Waals surface area contributed by atoms with Crippen LogP contribution in [0.5, 0.6) is 0 Å². The van der Waals surface area contributed by atoms with E-state index in [0.717, 1.165) is 21.7 Å². The summed E-state index contributed by atoms with van der Waals surface area (Å²) >= 11 is 0. The van der Waals surface area contributed by atoms with Gasteiger partial charge in [0, 0.05) is 39.3 Å². The van der Waals surface area contributed by atoms with E-state index in [4.69, 9.17) is 4.74 Å². The number of esters is 1. The molecule has 0 bridgehead atoms. The summed E-state index contributed by atoms with van der Waals surface area (Å²) in [6.45, 7) is 1.93. The van der Waals surface area contributed by atoms with Gasteiger partial charge >= 0.3 is 5.97 Å². The zero-order valence-electron chi connectivity index (χ0n) is 18.9. The standard InChI is InChI=1S/C25H29N3O4/c1-5-32-24(31)25(15-16-9-7-6-8-10-16)20-19(22(29)28(4)23(20)30)21(26-25)17-11-13-18(14-12-17)27(2)3/h6-14,19-21,26H,5,15H2,1-4H3/t19-,20-,21-,25-/m0/s1. The molecular formula is C25H29N3O4. The van der Waals surface area contributed by atoms with Crippen LogP contribution in [-0.2, 0) is 25.5 Å². The highest BCUT2D eigenvalue weighted by atomic mass is 16.5. The Morgan fingerprint density at radius 3 is 2.31 bits per heavy atom. The molecule has 0 radical (unpaired) electrons. The molecule has 0 unspecified atom stereocenters. The third kappa shape index (κ3) is 3.46. The third-order valence-electron chi connectivity index (χ3n) is 6.61. The van der Waals surface area contributed by atoms with Gasteiger partial charge in [-0.15, -0.1) is 0 Å². The van der Waals surface area contributed by atoms with E-state index in [1.807, 2.05) is 73.6 Å². The van der Waals surface area contributed by atoms with Gasteiger partial charge in [-0.05, 0) is 30.2 Å². The Labute approximate surface area is 188 Å². The number of nitrogens with one attached hydrogen (secondary N) is 1. The van der Waals surface area contributed by atoms with Crippen molar-refractivity contribution in [2.45, 2.75) is 24.9 Å². The van der Waals surface area contributed by atoms with Crippen molar-refractivity contribution >= 4 is 23.5 Å². The van der Waals surface area contributed by atoms with Crippen molar-refractivity contribution in [1.29, 1.82) is 0 Å². The van der Waals surface area contributed by atoms with Crippen LogP contribution in [0.15, 0.2) is 54.6 Å². The van der Waals surface area contributed by atoms with E-state index < -0.39 is 29.4 Å². The van der Waals surface area contributed by atoms with Gasteiger partial charge in [-0.3, -0.25) is 24.6 Å². The molecule has 2 aromatic rings. The molecule has 0 aliphatic carbocycles. The highest BCUT2D eigenvalue weighted by Gasteiger charge is 2.68. The van der Waals surface area contributed by atoms with Crippen LogP contribution in [-0.4, -0.2) is 56.0 Å². The lowest BCUT2D eigenvalue weighted by Gasteiger charge is -2.32. The topological polar surface area (TPSA) is 79.0 Å². The number of anilines is 1. The van der Waals surface area contributed by atoms with Crippen LogP contribution in [0.1, 0.15) is 24.1 Å². The second-order valence-corrected chi connectivity index (χ2v) is 8.70. The van der Waals surface area contributed by atoms with Gasteiger partial charge in [-0.2, -0.15) is 0 Å². The summed E-state index contributed by atoms with van der Waals surface area (Å²) in [5.74, 6) is -2.62. The lowest BCUT2D eigenvalue weighted by molar-refractivity contribution is -0.156. The maximum atomic E-state index is 13.4. The summed E-state index contributed by atoms with van der Waals surface area (Å²) < 4.78 is 5.47. The van der Waals surface area contributed by atoms with Crippen molar-refractivity contribution in [3.63, 3.8) is 0 Å². The second kappa shape index (κ2) is 8.39. The van der Waals surface area contributed by atoms with Crippen molar-refractivity contribution in [2.75, 3.05) is 32.6 Å². The number of carbonyl (C=O) groups excluding carboxylic acids is 3. The van der Waals surface area contributed by atoms with Gasteiger partial charge in [-0.1, -0.05) is 42.5 Å². The van der Waals surface area contributed by atoms with E-state index in [1.54, 1.807) is 6.92 Å². The Morgan fingerprint density at radius 1 is 1.06 bits per heavy atom. The zero-order chi connectivity index (χ0) is 23.0. The number of likely N-dealkylation sites (tertiary alicyclic amines) is 1. The van der Waals surface area contributed by atoms with Crippen LogP contribution >= 0.6 is 0 Å². The molecule has 2 saturated heterocycles. The first-order valence-corrected chi connectivity index (χ1v) is 10.9. The molecule has 2 aromatic carbocycles. The van der Waals surface area contributed by atoms with Crippen LogP contribution < -0.4 is 10.2 Å². The van der Waals surface area contributed by atoms with Crippen LogP contribution in [0.25, 0.3) is 0 Å². The van der Waals surface area contributed by atoms with Crippen molar-refractivity contribution in [2.24, 2.45) is 11.8 Å². The molecule has 4 rings (SSSR count). The summed E-state index contributed by atoms with van der Waals surface area (Å²) in [5.41, 5.74) is 1.45. The van der Waals surface area contributed by atoms with Crippen molar-refractivity contribution in [3.05, 3.63) is 65.7 Å². The minimum Gasteiger partial charge on any atom is -0.465 e. The van der Waals surface area contributed by atoms with Gasteiger partial charge < -0.3 is 9.64 Å². The fraction of sp³-hybridized carbons (Fsp3) is 0.400. The van der Waals surface area contributed by atoms with Gasteiger partial charge in [0.05, 0.1) is 18.4 Å². The van der Waals surface area contributed by atoms with Crippen molar-refractivity contribution in [3.8, 4) is 0 Å². The Hall–Kier alpha value is -3.19. The smallest absolute Gasteiger partial charge is 0.327 e. The first kappa shape index (κ1) is 22.0. The van der Waals surface area contributed by atoms with E-state index in [1.165, 1.54) is 7.05 Å². The minimum absolute atomic E-state index is 0.189. The fourth-order valence-electron chi connectivity index (χ4n) is 5.01. The number of nitrogens with zero attached hydrogens (tertiary/aromatic N) is 2. The lowest BCUT2D eigenvalue weighted by atomic mass is 9.76. The van der Waals surface area contributed by atoms with E-state index in [9.17, 15) is 14.4 Å². The third-order valence-corrected chi connectivity index (χ3v) is 6.61. The SMILES string of the molecule is CCOC(=O)[C@@]1(Cc2ccccc2)N[C@@H](c2ccc(N(C)C)cc2)[C@H]2C(=O)N(C)C(=O)[C@H]21. The molecule has 7 heteroatoms. The average Bonchev–Trinajstić information content (AvgIpc) is 3.24. The van der Waals surface area contributed by atoms with Gasteiger partial charge in [0.1, 0.15) is 5.54 Å². The first-order valence-electron chi connectivity index (χ1n) is 10.9. The summed E-state index contributed by atoms with van der Waals surface area (Å²) in [4.78, 5) is 43.0. The first-order chi connectivity index (χ1) is 15.3. The van der Waals surface area contributed by atoms with Crippen molar-refractivity contribution < 1.29 is 19.1 Å². The molecule has 4 atom stereocenters. The molecule has 2 amide bonds. The van der Waals surface area contributed by atoms with Gasteiger partial charge in [-0.25, -0.2) is 0 Å². The second-order valence-electron chi connectivity index (χ2n) is 8.70. The number of hydrogen-bond donors (Lipinski definition) is 1. The van der Waals surface area contributed by atoms with Crippen LogP contribution in [0.3, 0.4) is 0 Å². The minimum atomic E-state index is -1.33.